The summed E-state index contributed by atoms with van der Waals surface area (Å²) in [4.78, 5) is 44.3. The minimum absolute atomic E-state index is 0.0171. The van der Waals surface area contributed by atoms with Crippen LogP contribution in [0.4, 0.5) is 4.79 Å². The number of rotatable bonds is 2. The van der Waals surface area contributed by atoms with E-state index in [0.29, 0.717) is 38.3 Å². The maximum absolute atomic E-state index is 13.5. The summed E-state index contributed by atoms with van der Waals surface area (Å²) in [5.41, 5.74) is 0.718. The molecule has 32 heavy (non-hydrogen) atoms. The second-order valence-corrected chi connectivity index (χ2v) is 10.7. The molecule has 2 aliphatic rings. The van der Waals surface area contributed by atoms with Crippen LogP contribution < -0.4 is 0 Å². The van der Waals surface area contributed by atoms with Crippen molar-refractivity contribution >= 4 is 17.9 Å². The zero-order chi connectivity index (χ0) is 23.7. The Bertz CT molecular complexity index is 857. The standard InChI is InChI=1S/C25H37N3O4/c1-18-9-11-19(12-10-18)21(29)26-13-7-8-20(16-26)22(30)28-15-14-27(17-25(28,5)6)23(31)32-24(2,3)4/h9-12,20H,7-8,13-17H2,1-6H3/t20-/m0/s1. The highest BCUT2D eigenvalue weighted by molar-refractivity contribution is 5.94. The molecule has 3 rings (SSSR count). The number of benzene rings is 1. The number of hydrogen-bond donors (Lipinski definition) is 0. The van der Waals surface area contributed by atoms with Gasteiger partial charge in [0.1, 0.15) is 5.60 Å². The van der Waals surface area contributed by atoms with Gasteiger partial charge in [0.25, 0.3) is 5.91 Å². The minimum Gasteiger partial charge on any atom is -0.444 e. The first-order valence-electron chi connectivity index (χ1n) is 11.5. The molecule has 1 aromatic rings. The molecule has 1 atom stereocenters. The summed E-state index contributed by atoms with van der Waals surface area (Å²) in [6.45, 7) is 14.0. The van der Waals surface area contributed by atoms with Crippen LogP contribution in [0.25, 0.3) is 0 Å². The lowest BCUT2D eigenvalue weighted by Crippen LogP contribution is -2.64. The first-order valence-corrected chi connectivity index (χ1v) is 11.5. The van der Waals surface area contributed by atoms with E-state index in [1.807, 2.05) is 70.7 Å². The first kappa shape index (κ1) is 24.1. The zero-order valence-electron chi connectivity index (χ0n) is 20.3. The molecule has 0 saturated carbocycles. The van der Waals surface area contributed by atoms with Crippen LogP contribution in [0.2, 0.25) is 0 Å². The van der Waals surface area contributed by atoms with Crippen molar-refractivity contribution in [3.05, 3.63) is 35.4 Å². The van der Waals surface area contributed by atoms with Gasteiger partial charge in [-0.3, -0.25) is 9.59 Å². The lowest BCUT2D eigenvalue weighted by Gasteiger charge is -2.48. The van der Waals surface area contributed by atoms with Crippen molar-refractivity contribution < 1.29 is 19.1 Å². The third kappa shape index (κ3) is 5.61. The number of carbonyl (C=O) groups excluding carboxylic acids is 3. The van der Waals surface area contributed by atoms with Crippen LogP contribution in [-0.4, -0.2) is 76.5 Å². The van der Waals surface area contributed by atoms with Crippen LogP contribution >= 0.6 is 0 Å². The molecule has 0 unspecified atom stereocenters. The molecular weight excluding hydrogens is 406 g/mol. The van der Waals surface area contributed by atoms with E-state index in [1.165, 1.54) is 0 Å². The van der Waals surface area contributed by atoms with E-state index in [2.05, 4.69) is 0 Å². The van der Waals surface area contributed by atoms with Gasteiger partial charge in [-0.05, 0) is 66.5 Å². The highest BCUT2D eigenvalue weighted by Gasteiger charge is 2.42. The minimum atomic E-state index is -0.552. The number of likely N-dealkylation sites (tertiary alicyclic amines) is 1. The Balaban J connectivity index is 1.64. The molecule has 176 valence electrons. The number of hydrogen-bond acceptors (Lipinski definition) is 4. The second kappa shape index (κ2) is 9.12. The van der Waals surface area contributed by atoms with E-state index in [0.717, 1.165) is 18.4 Å². The zero-order valence-corrected chi connectivity index (χ0v) is 20.3. The molecule has 2 fully saturated rings. The molecule has 0 aliphatic carbocycles. The summed E-state index contributed by atoms with van der Waals surface area (Å²) in [5.74, 6) is -0.165. The summed E-state index contributed by atoms with van der Waals surface area (Å²) < 4.78 is 5.51. The van der Waals surface area contributed by atoms with Crippen LogP contribution in [-0.2, 0) is 9.53 Å². The molecule has 2 heterocycles. The van der Waals surface area contributed by atoms with Crippen molar-refractivity contribution in [2.75, 3.05) is 32.7 Å². The van der Waals surface area contributed by atoms with Gasteiger partial charge in [0.15, 0.2) is 0 Å². The number of piperidine rings is 1. The van der Waals surface area contributed by atoms with Gasteiger partial charge in [-0.15, -0.1) is 0 Å². The highest BCUT2D eigenvalue weighted by Crippen LogP contribution is 2.28. The SMILES string of the molecule is Cc1ccc(C(=O)N2CCC[C@H](C(=O)N3CCN(C(=O)OC(C)(C)C)CC3(C)C)C2)cc1. The third-order valence-corrected chi connectivity index (χ3v) is 6.18. The average molecular weight is 444 g/mol. The van der Waals surface area contributed by atoms with Gasteiger partial charge in [0.2, 0.25) is 5.91 Å². The van der Waals surface area contributed by atoms with Crippen molar-refractivity contribution in [3.63, 3.8) is 0 Å². The fourth-order valence-electron chi connectivity index (χ4n) is 4.51. The van der Waals surface area contributed by atoms with Crippen LogP contribution in [0.5, 0.6) is 0 Å². The first-order chi connectivity index (χ1) is 14.9. The van der Waals surface area contributed by atoms with E-state index in [4.69, 9.17) is 4.74 Å². The molecule has 0 radical (unpaired) electrons. The number of aryl methyl sites for hydroxylation is 1. The van der Waals surface area contributed by atoms with Crippen molar-refractivity contribution in [2.45, 2.75) is 65.5 Å². The lowest BCUT2D eigenvalue weighted by molar-refractivity contribution is -0.146. The van der Waals surface area contributed by atoms with Gasteiger partial charge in [0.05, 0.1) is 11.5 Å². The number of carbonyl (C=O) groups is 3. The van der Waals surface area contributed by atoms with Gasteiger partial charge < -0.3 is 19.4 Å². The Morgan fingerprint density at radius 2 is 1.66 bits per heavy atom. The summed E-state index contributed by atoms with van der Waals surface area (Å²) in [5, 5.41) is 0. The molecule has 1 aromatic carbocycles. The molecule has 0 N–H and O–H groups in total. The fraction of sp³-hybridized carbons (Fsp3) is 0.640. The van der Waals surface area contributed by atoms with Crippen LogP contribution in [0.15, 0.2) is 24.3 Å². The van der Waals surface area contributed by atoms with Crippen LogP contribution in [0, 0.1) is 12.8 Å². The summed E-state index contributed by atoms with van der Waals surface area (Å²) in [6, 6.07) is 7.57. The normalized spacial score (nSPS) is 21.3. The predicted octanol–water partition coefficient (Wildman–Crippen LogP) is 3.71. The number of ether oxygens (including phenoxy) is 1. The fourth-order valence-corrected chi connectivity index (χ4v) is 4.51. The highest BCUT2D eigenvalue weighted by atomic mass is 16.6. The molecule has 7 nitrogen and oxygen atoms in total. The molecule has 2 aliphatic heterocycles. The Morgan fingerprint density at radius 1 is 1.00 bits per heavy atom. The molecule has 7 heteroatoms. The van der Waals surface area contributed by atoms with E-state index in [1.54, 1.807) is 9.80 Å². The van der Waals surface area contributed by atoms with Gasteiger partial charge in [-0.25, -0.2) is 4.79 Å². The third-order valence-electron chi connectivity index (χ3n) is 6.18. The number of piperazine rings is 1. The lowest BCUT2D eigenvalue weighted by atomic mass is 9.91. The van der Waals surface area contributed by atoms with E-state index in [-0.39, 0.29) is 23.8 Å². The largest absolute Gasteiger partial charge is 0.444 e. The summed E-state index contributed by atoms with van der Waals surface area (Å²) in [6.07, 6.45) is 1.25. The van der Waals surface area contributed by atoms with Gasteiger partial charge >= 0.3 is 6.09 Å². The van der Waals surface area contributed by atoms with Gasteiger partial charge in [-0.1, -0.05) is 17.7 Å². The average Bonchev–Trinajstić information content (AvgIpc) is 2.71. The smallest absolute Gasteiger partial charge is 0.410 e. The Morgan fingerprint density at radius 3 is 2.25 bits per heavy atom. The van der Waals surface area contributed by atoms with E-state index < -0.39 is 11.1 Å². The molecule has 0 bridgehead atoms. The molecule has 0 spiro atoms. The van der Waals surface area contributed by atoms with Crippen molar-refractivity contribution in [1.82, 2.24) is 14.7 Å². The quantitative estimate of drug-likeness (QED) is 0.699. The van der Waals surface area contributed by atoms with E-state index >= 15 is 0 Å². The van der Waals surface area contributed by atoms with Gasteiger partial charge in [0, 0.05) is 38.3 Å². The second-order valence-electron chi connectivity index (χ2n) is 10.7. The molecule has 3 amide bonds. The van der Waals surface area contributed by atoms with Crippen LogP contribution in [0.1, 0.15) is 63.4 Å². The van der Waals surface area contributed by atoms with Crippen LogP contribution in [0.3, 0.4) is 0 Å². The van der Waals surface area contributed by atoms with Crippen molar-refractivity contribution in [2.24, 2.45) is 5.92 Å². The Kier molecular flexibility index (Phi) is 6.86. The molecule has 0 aromatic heterocycles. The molecule has 2 saturated heterocycles. The van der Waals surface area contributed by atoms with Crippen molar-refractivity contribution in [1.29, 1.82) is 0 Å². The monoisotopic (exact) mass is 443 g/mol. The molecular formula is C25H37N3O4. The van der Waals surface area contributed by atoms with E-state index in [9.17, 15) is 14.4 Å². The Labute approximate surface area is 191 Å². The Hall–Kier alpha value is -2.57. The number of nitrogens with zero attached hydrogens (tertiary/aromatic N) is 3. The van der Waals surface area contributed by atoms with Crippen molar-refractivity contribution in [3.8, 4) is 0 Å². The maximum Gasteiger partial charge on any atom is 0.410 e. The van der Waals surface area contributed by atoms with Gasteiger partial charge in [-0.2, -0.15) is 0 Å². The predicted molar refractivity (Wildman–Crippen MR) is 123 cm³/mol. The summed E-state index contributed by atoms with van der Waals surface area (Å²) in [7, 11) is 0. The topological polar surface area (TPSA) is 70.2 Å². The number of amides is 3. The maximum atomic E-state index is 13.5. The summed E-state index contributed by atoms with van der Waals surface area (Å²) >= 11 is 0.